The van der Waals surface area contributed by atoms with Gasteiger partial charge in [-0.15, -0.1) is 0 Å². The van der Waals surface area contributed by atoms with Gasteiger partial charge in [-0.05, 0) is 19.9 Å². The monoisotopic (exact) mass is 239 g/mol. The number of nitrogens with zero attached hydrogens (tertiary/aromatic N) is 3. The highest BCUT2D eigenvalue weighted by Crippen LogP contribution is 2.25. The highest BCUT2D eigenvalue weighted by Gasteiger charge is 2.36. The third-order valence-electron chi connectivity index (χ3n) is 3.37. The van der Waals surface area contributed by atoms with Crippen LogP contribution in [0.3, 0.4) is 0 Å². The summed E-state index contributed by atoms with van der Waals surface area (Å²) >= 11 is 0. The summed E-state index contributed by atoms with van der Waals surface area (Å²) in [5.74, 6) is 0.254. The molecule has 17 heavy (non-hydrogen) atoms. The van der Waals surface area contributed by atoms with Crippen molar-refractivity contribution < 1.29 is 14.4 Å². The molecule has 0 aliphatic carbocycles. The average molecular weight is 239 g/mol. The predicted molar refractivity (Wildman–Crippen MR) is 59.3 cm³/mol. The molecule has 2 heterocycles. The summed E-state index contributed by atoms with van der Waals surface area (Å²) in [6, 6.07) is 0.0180. The lowest BCUT2D eigenvalue weighted by atomic mass is 10.0. The van der Waals surface area contributed by atoms with Crippen LogP contribution in [0.15, 0.2) is 4.52 Å². The van der Waals surface area contributed by atoms with Gasteiger partial charge in [-0.25, -0.2) is 0 Å². The second-order valence-electron chi connectivity index (χ2n) is 4.40. The molecule has 1 N–H and O–H groups in total. The van der Waals surface area contributed by atoms with Crippen LogP contribution in [0.4, 0.5) is 0 Å². The van der Waals surface area contributed by atoms with Crippen LogP contribution in [0, 0.1) is 5.92 Å². The quantitative estimate of drug-likeness (QED) is 0.841. The van der Waals surface area contributed by atoms with Gasteiger partial charge in [-0.2, -0.15) is 4.98 Å². The van der Waals surface area contributed by atoms with Crippen molar-refractivity contribution in [3.8, 4) is 0 Å². The van der Waals surface area contributed by atoms with Crippen LogP contribution in [0.25, 0.3) is 0 Å². The highest BCUT2D eigenvalue weighted by atomic mass is 16.5. The molecule has 2 atom stereocenters. The number of rotatable bonds is 4. The number of hydrogen-bond acceptors (Lipinski definition) is 5. The molecule has 1 saturated heterocycles. The zero-order valence-corrected chi connectivity index (χ0v) is 10.1. The smallest absolute Gasteiger partial charge is 0.308 e. The van der Waals surface area contributed by atoms with E-state index in [2.05, 4.69) is 15.0 Å². The fraction of sp³-hybridized carbons (Fsp3) is 0.727. The van der Waals surface area contributed by atoms with E-state index in [0.717, 1.165) is 13.0 Å². The number of aromatic nitrogens is 2. The molecule has 0 saturated carbocycles. The zero-order valence-electron chi connectivity index (χ0n) is 10.1. The Bertz CT molecular complexity index is 404. The molecule has 1 aromatic heterocycles. The standard InChI is InChI=1S/C11H17N3O3/c1-3-9-12-10(17-13-9)6-14-5-4-8(7(14)2)11(15)16/h7-8H,3-6H2,1-2H3,(H,15,16). The van der Waals surface area contributed by atoms with Crippen molar-refractivity contribution in [3.05, 3.63) is 11.7 Å². The maximum atomic E-state index is 11.0. The largest absolute Gasteiger partial charge is 0.481 e. The molecule has 6 nitrogen and oxygen atoms in total. The summed E-state index contributed by atoms with van der Waals surface area (Å²) in [4.78, 5) is 17.3. The van der Waals surface area contributed by atoms with Gasteiger partial charge < -0.3 is 9.63 Å². The van der Waals surface area contributed by atoms with Crippen molar-refractivity contribution in [2.75, 3.05) is 6.54 Å². The Morgan fingerprint density at radius 1 is 1.65 bits per heavy atom. The molecular formula is C11H17N3O3. The van der Waals surface area contributed by atoms with Crippen LogP contribution in [0.5, 0.6) is 0 Å². The van der Waals surface area contributed by atoms with Crippen LogP contribution < -0.4 is 0 Å². The summed E-state index contributed by atoms with van der Waals surface area (Å²) in [6.07, 6.45) is 1.43. The van der Waals surface area contributed by atoms with E-state index in [1.807, 2.05) is 13.8 Å². The topological polar surface area (TPSA) is 79.5 Å². The Morgan fingerprint density at radius 3 is 2.94 bits per heavy atom. The molecule has 1 fully saturated rings. The van der Waals surface area contributed by atoms with Gasteiger partial charge in [-0.1, -0.05) is 12.1 Å². The molecule has 0 radical (unpaired) electrons. The van der Waals surface area contributed by atoms with Crippen molar-refractivity contribution in [1.82, 2.24) is 15.0 Å². The van der Waals surface area contributed by atoms with Gasteiger partial charge in [0.2, 0.25) is 5.89 Å². The van der Waals surface area contributed by atoms with Gasteiger partial charge >= 0.3 is 5.97 Å². The van der Waals surface area contributed by atoms with E-state index in [-0.39, 0.29) is 12.0 Å². The van der Waals surface area contributed by atoms with E-state index in [1.54, 1.807) is 0 Å². The molecule has 6 heteroatoms. The van der Waals surface area contributed by atoms with Gasteiger partial charge in [0.05, 0.1) is 12.5 Å². The third-order valence-corrected chi connectivity index (χ3v) is 3.37. The predicted octanol–water partition coefficient (Wildman–Crippen LogP) is 0.927. The number of carbonyl (C=O) groups is 1. The maximum Gasteiger partial charge on any atom is 0.308 e. The molecule has 2 unspecified atom stereocenters. The van der Waals surface area contributed by atoms with Crippen LogP contribution >= 0.6 is 0 Å². The summed E-state index contributed by atoms with van der Waals surface area (Å²) in [5.41, 5.74) is 0. The van der Waals surface area contributed by atoms with Crippen LogP contribution in [0.2, 0.25) is 0 Å². The first-order chi connectivity index (χ1) is 8.11. The van der Waals surface area contributed by atoms with Crippen molar-refractivity contribution in [2.24, 2.45) is 5.92 Å². The number of carboxylic acids is 1. The molecule has 0 amide bonds. The first-order valence-electron chi connectivity index (χ1n) is 5.90. The molecule has 1 aliphatic rings. The fourth-order valence-electron chi connectivity index (χ4n) is 2.23. The molecule has 0 bridgehead atoms. The molecule has 94 valence electrons. The number of hydrogen-bond donors (Lipinski definition) is 1. The minimum absolute atomic E-state index is 0.0180. The number of aliphatic carboxylic acids is 1. The third kappa shape index (κ3) is 2.46. The Labute approximate surface area is 99.6 Å². The molecule has 2 rings (SSSR count). The lowest BCUT2D eigenvalue weighted by Gasteiger charge is -2.20. The van der Waals surface area contributed by atoms with E-state index in [4.69, 9.17) is 9.63 Å². The SMILES string of the molecule is CCc1noc(CN2CCC(C(=O)O)C2C)n1. The first-order valence-corrected chi connectivity index (χ1v) is 5.90. The Balaban J connectivity index is 1.98. The minimum atomic E-state index is -0.722. The summed E-state index contributed by atoms with van der Waals surface area (Å²) in [7, 11) is 0. The van der Waals surface area contributed by atoms with Crippen LogP contribution in [-0.4, -0.2) is 38.7 Å². The van der Waals surface area contributed by atoms with Gasteiger partial charge in [0.25, 0.3) is 0 Å². The average Bonchev–Trinajstić information content (AvgIpc) is 2.87. The summed E-state index contributed by atoms with van der Waals surface area (Å²) in [6.45, 7) is 5.20. The van der Waals surface area contributed by atoms with E-state index in [9.17, 15) is 4.79 Å². The van der Waals surface area contributed by atoms with Gasteiger partial charge in [0.1, 0.15) is 0 Å². The van der Waals surface area contributed by atoms with E-state index >= 15 is 0 Å². The van der Waals surface area contributed by atoms with Gasteiger partial charge in [-0.3, -0.25) is 9.69 Å². The zero-order chi connectivity index (χ0) is 12.4. The van der Waals surface area contributed by atoms with Crippen molar-refractivity contribution in [3.63, 3.8) is 0 Å². The highest BCUT2D eigenvalue weighted by molar-refractivity contribution is 5.71. The maximum absolute atomic E-state index is 11.0. The molecule has 1 aromatic rings. The number of likely N-dealkylation sites (tertiary alicyclic amines) is 1. The number of aryl methyl sites for hydroxylation is 1. The molecular weight excluding hydrogens is 222 g/mol. The Hall–Kier alpha value is -1.43. The van der Waals surface area contributed by atoms with Crippen molar-refractivity contribution in [1.29, 1.82) is 0 Å². The van der Waals surface area contributed by atoms with E-state index < -0.39 is 5.97 Å². The van der Waals surface area contributed by atoms with E-state index in [0.29, 0.717) is 24.7 Å². The first kappa shape index (κ1) is 12.0. The Morgan fingerprint density at radius 2 is 2.41 bits per heavy atom. The normalized spacial score (nSPS) is 25.3. The summed E-state index contributed by atoms with van der Waals surface area (Å²) in [5, 5.41) is 12.9. The van der Waals surface area contributed by atoms with Crippen LogP contribution in [-0.2, 0) is 17.8 Å². The lowest BCUT2D eigenvalue weighted by Crippen LogP contribution is -2.32. The van der Waals surface area contributed by atoms with Crippen molar-refractivity contribution >= 4 is 5.97 Å². The van der Waals surface area contributed by atoms with Crippen LogP contribution in [0.1, 0.15) is 32.0 Å². The van der Waals surface area contributed by atoms with E-state index in [1.165, 1.54) is 0 Å². The Kier molecular flexibility index (Phi) is 3.42. The van der Waals surface area contributed by atoms with Gasteiger partial charge in [0, 0.05) is 12.5 Å². The molecule has 0 spiro atoms. The van der Waals surface area contributed by atoms with Gasteiger partial charge in [0.15, 0.2) is 5.82 Å². The minimum Gasteiger partial charge on any atom is -0.481 e. The number of carboxylic acid groups (broad SMARTS) is 1. The summed E-state index contributed by atoms with van der Waals surface area (Å²) < 4.78 is 5.11. The fourth-order valence-corrected chi connectivity index (χ4v) is 2.23. The second kappa shape index (κ2) is 4.83. The van der Waals surface area contributed by atoms with Crippen molar-refractivity contribution in [2.45, 2.75) is 39.3 Å². The second-order valence-corrected chi connectivity index (χ2v) is 4.40. The molecule has 0 aromatic carbocycles. The lowest BCUT2D eigenvalue weighted by molar-refractivity contribution is -0.142. The molecule has 1 aliphatic heterocycles.